The second-order valence-electron chi connectivity index (χ2n) is 9.45. The number of rotatable bonds is 8. The van der Waals surface area contributed by atoms with Gasteiger partial charge in [-0.05, 0) is 47.9 Å². The number of carbonyl (C=O) groups is 3. The predicted octanol–water partition coefficient (Wildman–Crippen LogP) is 4.80. The van der Waals surface area contributed by atoms with E-state index >= 15 is 0 Å². The first-order valence-electron chi connectivity index (χ1n) is 12.5. The van der Waals surface area contributed by atoms with E-state index in [0.717, 1.165) is 22.3 Å². The van der Waals surface area contributed by atoms with Crippen molar-refractivity contribution < 1.29 is 24.2 Å². The summed E-state index contributed by atoms with van der Waals surface area (Å²) in [4.78, 5) is 40.0. The van der Waals surface area contributed by atoms with Crippen LogP contribution in [0.5, 0.6) is 0 Å². The molecule has 2 N–H and O–H groups in total. The lowest BCUT2D eigenvalue weighted by molar-refractivity contribution is -0.145. The zero-order valence-corrected chi connectivity index (χ0v) is 20.6. The summed E-state index contributed by atoms with van der Waals surface area (Å²) in [7, 11) is 0. The Morgan fingerprint density at radius 1 is 1.00 bits per heavy atom. The molecule has 0 spiro atoms. The molecule has 2 aromatic rings. The largest absolute Gasteiger partial charge is 0.481 e. The summed E-state index contributed by atoms with van der Waals surface area (Å²) in [6.07, 6.45) is 1.12. The molecule has 0 bridgehead atoms. The quantitative estimate of drug-likeness (QED) is 0.568. The van der Waals surface area contributed by atoms with Gasteiger partial charge in [-0.25, -0.2) is 4.79 Å². The van der Waals surface area contributed by atoms with Crippen molar-refractivity contribution >= 4 is 18.0 Å². The number of alkyl carbamates (subject to hydrolysis) is 1. The van der Waals surface area contributed by atoms with E-state index in [-0.39, 0.29) is 24.5 Å². The van der Waals surface area contributed by atoms with Crippen molar-refractivity contribution in [2.24, 2.45) is 5.92 Å². The number of hydrogen-bond acceptors (Lipinski definition) is 4. The fourth-order valence-corrected chi connectivity index (χ4v) is 5.79. The lowest BCUT2D eigenvalue weighted by atomic mass is 9.90. The number of hydrogen-bond donors (Lipinski definition) is 2. The minimum atomic E-state index is -1.14. The van der Waals surface area contributed by atoms with Crippen LogP contribution in [0.15, 0.2) is 48.5 Å². The summed E-state index contributed by atoms with van der Waals surface area (Å²) in [6, 6.07) is 15.9. The molecule has 1 aliphatic carbocycles. The van der Waals surface area contributed by atoms with E-state index in [9.17, 15) is 19.5 Å². The van der Waals surface area contributed by atoms with Gasteiger partial charge in [0.2, 0.25) is 5.91 Å². The van der Waals surface area contributed by atoms with Crippen molar-refractivity contribution in [3.8, 4) is 11.1 Å². The number of aliphatic carboxylic acids is 1. The molecule has 0 aromatic heterocycles. The molecule has 2 amide bonds. The van der Waals surface area contributed by atoms with Crippen LogP contribution in [0.1, 0.15) is 63.5 Å². The molecule has 1 fully saturated rings. The van der Waals surface area contributed by atoms with Crippen molar-refractivity contribution in [3.05, 3.63) is 59.7 Å². The normalized spacial score (nSPS) is 19.2. The summed E-state index contributed by atoms with van der Waals surface area (Å²) < 4.78 is 5.71. The molecular formula is C28H34N2O5. The minimum absolute atomic E-state index is 0.0686. The van der Waals surface area contributed by atoms with Crippen LogP contribution < -0.4 is 5.32 Å². The highest BCUT2D eigenvalue weighted by atomic mass is 16.5. The second kappa shape index (κ2) is 10.1. The zero-order valence-electron chi connectivity index (χ0n) is 20.6. The second-order valence-corrected chi connectivity index (χ2v) is 9.45. The molecule has 0 radical (unpaired) electrons. The van der Waals surface area contributed by atoms with Gasteiger partial charge in [0.1, 0.15) is 12.1 Å². The summed E-state index contributed by atoms with van der Waals surface area (Å²) >= 11 is 0. The smallest absolute Gasteiger partial charge is 0.408 e. The summed E-state index contributed by atoms with van der Waals surface area (Å²) in [6.45, 7) is 6.15. The number of carboxylic acid groups (broad SMARTS) is 1. The highest BCUT2D eigenvalue weighted by Crippen LogP contribution is 2.44. The topological polar surface area (TPSA) is 95.9 Å². The summed E-state index contributed by atoms with van der Waals surface area (Å²) in [5.41, 5.74) is 3.41. The first-order valence-corrected chi connectivity index (χ1v) is 12.5. The number of nitrogens with zero attached hydrogens (tertiary/aromatic N) is 1. The monoisotopic (exact) mass is 478 g/mol. The SMILES string of the molecule is CCC1C(C(=O)O)CCN1C(=O)C(CC)(CC)NC(=O)OCC1c2ccccc2-c2ccccc21. The molecule has 35 heavy (non-hydrogen) atoms. The van der Waals surface area contributed by atoms with E-state index in [2.05, 4.69) is 29.6 Å². The predicted molar refractivity (Wildman–Crippen MR) is 133 cm³/mol. The number of nitrogens with one attached hydrogen (secondary N) is 1. The Morgan fingerprint density at radius 2 is 1.57 bits per heavy atom. The lowest BCUT2D eigenvalue weighted by Crippen LogP contribution is -2.60. The third-order valence-corrected chi connectivity index (χ3v) is 7.84. The van der Waals surface area contributed by atoms with Crippen LogP contribution in [-0.2, 0) is 14.3 Å². The van der Waals surface area contributed by atoms with Gasteiger partial charge in [-0.3, -0.25) is 9.59 Å². The molecule has 186 valence electrons. The van der Waals surface area contributed by atoms with Gasteiger partial charge < -0.3 is 20.1 Å². The third kappa shape index (κ3) is 4.40. The maximum Gasteiger partial charge on any atom is 0.408 e. The highest BCUT2D eigenvalue weighted by Gasteiger charge is 2.47. The first kappa shape index (κ1) is 24.8. The first-order chi connectivity index (χ1) is 16.9. The molecule has 1 saturated heterocycles. The molecule has 7 nitrogen and oxygen atoms in total. The van der Waals surface area contributed by atoms with Crippen molar-refractivity contribution in [2.75, 3.05) is 13.2 Å². The van der Waals surface area contributed by atoms with Gasteiger partial charge in [0, 0.05) is 18.5 Å². The van der Waals surface area contributed by atoms with Crippen molar-refractivity contribution in [2.45, 2.75) is 64.0 Å². The average Bonchev–Trinajstić information content (AvgIpc) is 3.45. The van der Waals surface area contributed by atoms with E-state index in [1.807, 2.05) is 45.0 Å². The Balaban J connectivity index is 1.48. The van der Waals surface area contributed by atoms with E-state index in [1.165, 1.54) is 0 Å². The maximum atomic E-state index is 13.7. The van der Waals surface area contributed by atoms with Gasteiger partial charge in [0.05, 0.1) is 5.92 Å². The molecule has 2 aliphatic rings. The Hall–Kier alpha value is -3.35. The van der Waals surface area contributed by atoms with Crippen LogP contribution in [0.25, 0.3) is 11.1 Å². The van der Waals surface area contributed by atoms with E-state index in [1.54, 1.807) is 4.90 Å². The molecule has 1 aliphatic heterocycles. The van der Waals surface area contributed by atoms with Crippen LogP contribution in [0, 0.1) is 5.92 Å². The van der Waals surface area contributed by atoms with Crippen LogP contribution >= 0.6 is 0 Å². The molecule has 0 saturated carbocycles. The van der Waals surface area contributed by atoms with Gasteiger partial charge in [-0.1, -0.05) is 69.3 Å². The van der Waals surface area contributed by atoms with Gasteiger partial charge in [-0.15, -0.1) is 0 Å². The van der Waals surface area contributed by atoms with Crippen molar-refractivity contribution in [3.63, 3.8) is 0 Å². The summed E-state index contributed by atoms with van der Waals surface area (Å²) in [5, 5.41) is 12.4. The van der Waals surface area contributed by atoms with Crippen molar-refractivity contribution in [1.82, 2.24) is 10.2 Å². The van der Waals surface area contributed by atoms with Crippen LogP contribution in [0.4, 0.5) is 4.79 Å². The molecule has 1 heterocycles. The van der Waals surface area contributed by atoms with Crippen LogP contribution in [0.2, 0.25) is 0 Å². The molecule has 2 aromatic carbocycles. The lowest BCUT2D eigenvalue weighted by Gasteiger charge is -2.37. The Labute approximate surface area is 206 Å². The van der Waals surface area contributed by atoms with Crippen LogP contribution in [-0.4, -0.2) is 52.7 Å². The van der Waals surface area contributed by atoms with E-state index in [0.29, 0.717) is 32.2 Å². The Morgan fingerprint density at radius 3 is 2.09 bits per heavy atom. The number of fused-ring (bicyclic) bond motifs is 3. The van der Waals surface area contributed by atoms with E-state index in [4.69, 9.17) is 4.74 Å². The highest BCUT2D eigenvalue weighted by molar-refractivity contribution is 5.91. The van der Waals surface area contributed by atoms with Gasteiger partial charge >= 0.3 is 12.1 Å². The van der Waals surface area contributed by atoms with E-state index < -0.39 is 23.5 Å². The van der Waals surface area contributed by atoms with Gasteiger partial charge in [0.15, 0.2) is 0 Å². The average molecular weight is 479 g/mol. The van der Waals surface area contributed by atoms with Crippen molar-refractivity contribution in [1.29, 1.82) is 0 Å². The standard InChI is InChI=1S/C28H34N2O5/c1-4-24-22(25(31)32)15-16-30(24)26(33)28(5-2,6-3)29-27(34)35-17-23-20-13-9-7-11-18(20)19-12-8-10-14-21(19)23/h7-14,22-24H,4-6,15-17H2,1-3H3,(H,29,34)(H,31,32). The molecular weight excluding hydrogens is 444 g/mol. The fraction of sp³-hybridized carbons (Fsp3) is 0.464. The third-order valence-electron chi connectivity index (χ3n) is 7.84. The zero-order chi connectivity index (χ0) is 25.2. The number of amides is 2. The molecule has 7 heteroatoms. The number of carboxylic acids is 1. The van der Waals surface area contributed by atoms with Gasteiger partial charge in [-0.2, -0.15) is 0 Å². The number of ether oxygens (including phenoxy) is 1. The molecule has 2 unspecified atom stereocenters. The Bertz CT molecular complexity index is 1060. The minimum Gasteiger partial charge on any atom is -0.481 e. The van der Waals surface area contributed by atoms with Gasteiger partial charge in [0.25, 0.3) is 0 Å². The molecule has 2 atom stereocenters. The van der Waals surface area contributed by atoms with Crippen LogP contribution in [0.3, 0.4) is 0 Å². The number of carbonyl (C=O) groups excluding carboxylic acids is 2. The summed E-state index contributed by atoms with van der Waals surface area (Å²) in [5.74, 6) is -1.76. The number of likely N-dealkylation sites (tertiary alicyclic amines) is 1. The Kier molecular flexibility index (Phi) is 7.15. The number of benzene rings is 2. The molecule has 4 rings (SSSR count). The fourth-order valence-electron chi connectivity index (χ4n) is 5.79. The maximum absolute atomic E-state index is 13.7.